The van der Waals surface area contributed by atoms with Crippen LogP contribution in [0.15, 0.2) is 30.3 Å². The predicted octanol–water partition coefficient (Wildman–Crippen LogP) is 1.71. The number of aryl methyl sites for hydroxylation is 1. The summed E-state index contributed by atoms with van der Waals surface area (Å²) >= 11 is 0. The number of rotatable bonds is 6. The highest BCUT2D eigenvalue weighted by Crippen LogP contribution is 2.08. The van der Waals surface area contributed by atoms with Crippen LogP contribution >= 0.6 is 0 Å². The summed E-state index contributed by atoms with van der Waals surface area (Å²) in [7, 11) is 0. The number of aliphatic carboxylic acids is 1. The molecule has 20 heavy (non-hydrogen) atoms. The summed E-state index contributed by atoms with van der Waals surface area (Å²) in [5.74, 6) is -0.720. The molecule has 1 aliphatic heterocycles. The lowest BCUT2D eigenvalue weighted by Gasteiger charge is -2.36. The first-order valence-electron chi connectivity index (χ1n) is 7.40. The van der Waals surface area contributed by atoms with Crippen LogP contribution in [-0.4, -0.2) is 59.6 Å². The Hall–Kier alpha value is -1.39. The van der Waals surface area contributed by atoms with E-state index < -0.39 is 5.97 Å². The molecule has 0 amide bonds. The van der Waals surface area contributed by atoms with Gasteiger partial charge in [-0.2, -0.15) is 0 Å². The summed E-state index contributed by atoms with van der Waals surface area (Å²) in [6.45, 7) is 6.55. The highest BCUT2D eigenvalue weighted by molar-refractivity contribution is 5.72. The first-order chi connectivity index (χ1) is 9.66. The summed E-state index contributed by atoms with van der Waals surface area (Å²) < 4.78 is 0. The van der Waals surface area contributed by atoms with E-state index in [1.54, 1.807) is 6.92 Å². The molecule has 0 bridgehead atoms. The van der Waals surface area contributed by atoms with Gasteiger partial charge in [-0.05, 0) is 31.9 Å². The summed E-state index contributed by atoms with van der Waals surface area (Å²) in [6, 6.07) is 10.2. The molecule has 1 fully saturated rings. The van der Waals surface area contributed by atoms with E-state index in [9.17, 15) is 4.79 Å². The van der Waals surface area contributed by atoms with Crippen LogP contribution in [0, 0.1) is 0 Å². The molecule has 0 aromatic heterocycles. The highest BCUT2D eigenvalue weighted by atomic mass is 16.4. The Morgan fingerprint density at radius 1 is 1.20 bits per heavy atom. The van der Waals surface area contributed by atoms with E-state index in [4.69, 9.17) is 5.11 Å². The zero-order valence-corrected chi connectivity index (χ0v) is 12.2. The number of piperazine rings is 1. The molecule has 1 heterocycles. The fourth-order valence-corrected chi connectivity index (χ4v) is 2.68. The number of carbonyl (C=O) groups is 1. The molecule has 1 atom stereocenters. The molecule has 4 nitrogen and oxygen atoms in total. The van der Waals surface area contributed by atoms with Gasteiger partial charge in [0.2, 0.25) is 0 Å². The number of hydrogen-bond donors (Lipinski definition) is 1. The van der Waals surface area contributed by atoms with E-state index in [0.29, 0.717) is 0 Å². The SMILES string of the molecule is CC(C(=O)O)N1CCN(CCCc2ccccc2)CC1. The van der Waals surface area contributed by atoms with Crippen molar-refractivity contribution in [2.75, 3.05) is 32.7 Å². The Morgan fingerprint density at radius 2 is 1.85 bits per heavy atom. The van der Waals surface area contributed by atoms with Crippen molar-refractivity contribution in [1.82, 2.24) is 9.80 Å². The van der Waals surface area contributed by atoms with E-state index in [1.165, 1.54) is 12.0 Å². The molecular formula is C16H24N2O2. The second-order valence-electron chi connectivity index (χ2n) is 5.48. The van der Waals surface area contributed by atoms with Crippen molar-refractivity contribution in [1.29, 1.82) is 0 Å². The van der Waals surface area contributed by atoms with E-state index in [-0.39, 0.29) is 6.04 Å². The normalized spacial score (nSPS) is 18.9. The lowest BCUT2D eigenvalue weighted by molar-refractivity contribution is -0.143. The second-order valence-corrected chi connectivity index (χ2v) is 5.48. The number of benzene rings is 1. The zero-order chi connectivity index (χ0) is 14.4. The molecule has 1 N–H and O–H groups in total. The largest absolute Gasteiger partial charge is 0.480 e. The fraction of sp³-hybridized carbons (Fsp3) is 0.562. The summed E-state index contributed by atoms with van der Waals surface area (Å²) in [6.07, 6.45) is 2.28. The van der Waals surface area contributed by atoms with Gasteiger partial charge in [0.1, 0.15) is 6.04 Å². The Labute approximate surface area is 121 Å². The summed E-state index contributed by atoms with van der Waals surface area (Å²) in [4.78, 5) is 15.4. The fourth-order valence-electron chi connectivity index (χ4n) is 2.68. The molecule has 0 aliphatic carbocycles. The molecule has 4 heteroatoms. The number of carboxylic acids is 1. The predicted molar refractivity (Wildman–Crippen MR) is 79.9 cm³/mol. The minimum atomic E-state index is -0.720. The minimum absolute atomic E-state index is 0.360. The van der Waals surface area contributed by atoms with E-state index in [0.717, 1.165) is 39.1 Å². The Bertz CT molecular complexity index is 414. The molecule has 1 unspecified atom stereocenters. The van der Waals surface area contributed by atoms with Gasteiger partial charge in [0.05, 0.1) is 0 Å². The van der Waals surface area contributed by atoms with Gasteiger partial charge >= 0.3 is 5.97 Å². The summed E-state index contributed by atoms with van der Waals surface area (Å²) in [5.41, 5.74) is 1.39. The third kappa shape index (κ3) is 4.32. The maximum atomic E-state index is 11.0. The maximum Gasteiger partial charge on any atom is 0.320 e. The van der Waals surface area contributed by atoms with Gasteiger partial charge < -0.3 is 10.0 Å². The third-order valence-corrected chi connectivity index (χ3v) is 4.09. The first kappa shape index (κ1) is 15.0. The third-order valence-electron chi connectivity index (χ3n) is 4.09. The van der Waals surface area contributed by atoms with Crippen LogP contribution < -0.4 is 0 Å². The summed E-state index contributed by atoms with van der Waals surface area (Å²) in [5, 5.41) is 9.01. The van der Waals surface area contributed by atoms with Crippen molar-refractivity contribution in [3.05, 3.63) is 35.9 Å². The van der Waals surface area contributed by atoms with Crippen molar-refractivity contribution in [2.45, 2.75) is 25.8 Å². The van der Waals surface area contributed by atoms with Crippen molar-refractivity contribution in [3.63, 3.8) is 0 Å². The van der Waals surface area contributed by atoms with Gasteiger partial charge in [0, 0.05) is 26.2 Å². The number of hydrogen-bond acceptors (Lipinski definition) is 3. The molecular weight excluding hydrogens is 252 g/mol. The van der Waals surface area contributed by atoms with Crippen LogP contribution in [0.4, 0.5) is 0 Å². The van der Waals surface area contributed by atoms with Crippen LogP contribution in [0.2, 0.25) is 0 Å². The molecule has 1 aromatic carbocycles. The molecule has 0 radical (unpaired) electrons. The van der Waals surface area contributed by atoms with Gasteiger partial charge in [0.25, 0.3) is 0 Å². The average molecular weight is 276 g/mol. The topological polar surface area (TPSA) is 43.8 Å². The van der Waals surface area contributed by atoms with Crippen molar-refractivity contribution >= 4 is 5.97 Å². The Kier molecular flexibility index (Phi) is 5.56. The van der Waals surface area contributed by atoms with Gasteiger partial charge in [-0.1, -0.05) is 30.3 Å². The smallest absolute Gasteiger partial charge is 0.320 e. The molecule has 110 valence electrons. The van der Waals surface area contributed by atoms with Crippen LogP contribution in [0.3, 0.4) is 0 Å². The first-order valence-corrected chi connectivity index (χ1v) is 7.40. The lowest BCUT2D eigenvalue weighted by Crippen LogP contribution is -2.51. The second kappa shape index (κ2) is 7.41. The van der Waals surface area contributed by atoms with E-state index in [2.05, 4.69) is 34.1 Å². The van der Waals surface area contributed by atoms with Gasteiger partial charge in [-0.3, -0.25) is 9.69 Å². The minimum Gasteiger partial charge on any atom is -0.480 e. The zero-order valence-electron chi connectivity index (χ0n) is 12.2. The molecule has 0 saturated carbocycles. The molecule has 2 rings (SSSR count). The van der Waals surface area contributed by atoms with Crippen molar-refractivity contribution < 1.29 is 9.90 Å². The van der Waals surface area contributed by atoms with Crippen LogP contribution in [0.5, 0.6) is 0 Å². The lowest BCUT2D eigenvalue weighted by atomic mass is 10.1. The van der Waals surface area contributed by atoms with Gasteiger partial charge in [-0.15, -0.1) is 0 Å². The molecule has 1 aromatic rings. The van der Waals surface area contributed by atoms with E-state index in [1.807, 2.05) is 6.07 Å². The molecule has 0 spiro atoms. The van der Waals surface area contributed by atoms with Crippen LogP contribution in [-0.2, 0) is 11.2 Å². The Morgan fingerprint density at radius 3 is 2.45 bits per heavy atom. The highest BCUT2D eigenvalue weighted by Gasteiger charge is 2.24. The number of nitrogens with zero attached hydrogens (tertiary/aromatic N) is 2. The quantitative estimate of drug-likeness (QED) is 0.859. The maximum absolute atomic E-state index is 11.0. The van der Waals surface area contributed by atoms with Gasteiger partial charge in [-0.25, -0.2) is 0 Å². The molecule has 1 aliphatic rings. The van der Waals surface area contributed by atoms with E-state index >= 15 is 0 Å². The van der Waals surface area contributed by atoms with Crippen molar-refractivity contribution in [3.8, 4) is 0 Å². The number of carboxylic acid groups (broad SMARTS) is 1. The standard InChI is InChI=1S/C16H24N2O2/c1-14(16(19)20)18-12-10-17(11-13-18)9-5-8-15-6-3-2-4-7-15/h2-4,6-7,14H,5,8-13H2,1H3,(H,19,20). The monoisotopic (exact) mass is 276 g/mol. The van der Waals surface area contributed by atoms with Crippen molar-refractivity contribution in [2.24, 2.45) is 0 Å². The van der Waals surface area contributed by atoms with Crippen LogP contribution in [0.1, 0.15) is 18.9 Å². The van der Waals surface area contributed by atoms with Crippen LogP contribution in [0.25, 0.3) is 0 Å². The van der Waals surface area contributed by atoms with Gasteiger partial charge in [0.15, 0.2) is 0 Å². The molecule has 1 saturated heterocycles. The average Bonchev–Trinajstić information content (AvgIpc) is 2.48. The Balaban J connectivity index is 1.66.